The van der Waals surface area contributed by atoms with Gasteiger partial charge in [-0.25, -0.2) is 4.68 Å². The van der Waals surface area contributed by atoms with Gasteiger partial charge < -0.3 is 0 Å². The van der Waals surface area contributed by atoms with Gasteiger partial charge >= 0.3 is 0 Å². The Labute approximate surface area is 106 Å². The highest BCUT2D eigenvalue weighted by atomic mass is 16.1. The van der Waals surface area contributed by atoms with E-state index in [1.54, 1.807) is 4.68 Å². The molecule has 1 amide bonds. The number of amides is 1. The smallest absolute Gasteiger partial charge is 0.258 e. The summed E-state index contributed by atoms with van der Waals surface area (Å²) in [5, 5.41) is 6.78. The number of carbonyl (C=O) groups is 1. The minimum absolute atomic E-state index is 0.157. The molecule has 1 N–H and O–H groups in total. The molecule has 1 aromatic carbocycles. The molecule has 18 heavy (non-hydrogen) atoms. The molecule has 5 heteroatoms. The first-order valence-corrected chi connectivity index (χ1v) is 5.88. The third-order valence-corrected chi connectivity index (χ3v) is 2.77. The van der Waals surface area contributed by atoms with Crippen molar-refractivity contribution >= 4 is 11.9 Å². The molecule has 5 nitrogen and oxygen atoms in total. The first kappa shape index (κ1) is 12.3. The summed E-state index contributed by atoms with van der Waals surface area (Å²) in [5.41, 5.74) is 2.75. The van der Waals surface area contributed by atoms with E-state index >= 15 is 0 Å². The summed E-state index contributed by atoms with van der Waals surface area (Å²) in [6.45, 7) is 6.54. The molecule has 0 saturated carbocycles. The average molecular weight is 244 g/mol. The lowest BCUT2D eigenvalue weighted by atomic mass is 10.1. The zero-order valence-corrected chi connectivity index (χ0v) is 10.8. The lowest BCUT2D eigenvalue weighted by molar-refractivity contribution is 0.102. The Kier molecular flexibility index (Phi) is 3.41. The van der Waals surface area contributed by atoms with Gasteiger partial charge in [-0.05, 0) is 32.4 Å². The largest absolute Gasteiger partial charge is 0.291 e. The van der Waals surface area contributed by atoms with Gasteiger partial charge in [-0.15, -0.1) is 0 Å². The number of aromatic nitrogens is 3. The first-order chi connectivity index (χ1) is 8.61. The average Bonchev–Trinajstić information content (AvgIpc) is 2.76. The number of anilines is 1. The maximum absolute atomic E-state index is 12.1. The van der Waals surface area contributed by atoms with E-state index in [9.17, 15) is 4.79 Å². The number of hydrogen-bond acceptors (Lipinski definition) is 3. The fourth-order valence-electron chi connectivity index (χ4n) is 1.83. The van der Waals surface area contributed by atoms with Gasteiger partial charge in [-0.1, -0.05) is 17.7 Å². The van der Waals surface area contributed by atoms with Gasteiger partial charge in [0.15, 0.2) is 0 Å². The molecule has 0 unspecified atom stereocenters. The second-order valence-corrected chi connectivity index (χ2v) is 4.17. The molecule has 0 bridgehead atoms. The SMILES string of the molecule is CCn1ncnc1NC(=O)c1ccc(C)cc1C. The van der Waals surface area contributed by atoms with Crippen LogP contribution in [-0.2, 0) is 6.54 Å². The topological polar surface area (TPSA) is 59.8 Å². The Hall–Kier alpha value is -2.17. The highest BCUT2D eigenvalue weighted by Gasteiger charge is 2.12. The van der Waals surface area contributed by atoms with E-state index < -0.39 is 0 Å². The van der Waals surface area contributed by atoms with E-state index in [0.717, 1.165) is 11.1 Å². The number of nitrogens with zero attached hydrogens (tertiary/aromatic N) is 3. The summed E-state index contributed by atoms with van der Waals surface area (Å²) in [4.78, 5) is 16.1. The molecule has 0 fully saturated rings. The van der Waals surface area contributed by atoms with E-state index in [4.69, 9.17) is 0 Å². The van der Waals surface area contributed by atoms with Gasteiger partial charge in [0.25, 0.3) is 5.91 Å². The van der Waals surface area contributed by atoms with Gasteiger partial charge in [0, 0.05) is 12.1 Å². The van der Waals surface area contributed by atoms with Crippen molar-refractivity contribution in [1.82, 2.24) is 14.8 Å². The number of carbonyl (C=O) groups excluding carboxylic acids is 1. The monoisotopic (exact) mass is 244 g/mol. The highest BCUT2D eigenvalue weighted by molar-refractivity contribution is 6.04. The Bertz CT molecular complexity index is 574. The number of aryl methyl sites for hydroxylation is 3. The summed E-state index contributed by atoms with van der Waals surface area (Å²) in [5.74, 6) is 0.317. The van der Waals surface area contributed by atoms with Crippen molar-refractivity contribution in [2.45, 2.75) is 27.3 Å². The third kappa shape index (κ3) is 2.40. The van der Waals surface area contributed by atoms with Gasteiger partial charge in [-0.3, -0.25) is 10.1 Å². The second-order valence-electron chi connectivity index (χ2n) is 4.17. The molecular weight excluding hydrogens is 228 g/mol. The second kappa shape index (κ2) is 5.00. The molecule has 0 aliphatic carbocycles. The summed E-state index contributed by atoms with van der Waals surface area (Å²) >= 11 is 0. The Morgan fingerprint density at radius 2 is 2.17 bits per heavy atom. The van der Waals surface area contributed by atoms with Gasteiger partial charge in [-0.2, -0.15) is 10.1 Å². The quantitative estimate of drug-likeness (QED) is 0.900. The highest BCUT2D eigenvalue weighted by Crippen LogP contribution is 2.12. The fourth-order valence-corrected chi connectivity index (χ4v) is 1.83. The van der Waals surface area contributed by atoms with Crippen molar-refractivity contribution in [1.29, 1.82) is 0 Å². The van der Waals surface area contributed by atoms with Crippen LogP contribution >= 0.6 is 0 Å². The maximum Gasteiger partial charge on any atom is 0.258 e. The molecular formula is C13H16N4O. The molecule has 0 aliphatic rings. The lowest BCUT2D eigenvalue weighted by Crippen LogP contribution is -2.17. The molecule has 0 aliphatic heterocycles. The van der Waals surface area contributed by atoms with Crippen molar-refractivity contribution in [2.24, 2.45) is 0 Å². The molecule has 0 spiro atoms. The third-order valence-electron chi connectivity index (χ3n) is 2.77. The molecule has 2 aromatic rings. The Balaban J connectivity index is 2.22. The fraction of sp³-hybridized carbons (Fsp3) is 0.308. The summed E-state index contributed by atoms with van der Waals surface area (Å²) in [7, 11) is 0. The van der Waals surface area contributed by atoms with Crippen molar-refractivity contribution in [3.63, 3.8) is 0 Å². The normalized spacial score (nSPS) is 10.4. The van der Waals surface area contributed by atoms with Crippen molar-refractivity contribution < 1.29 is 4.79 Å². The van der Waals surface area contributed by atoms with E-state index in [1.807, 2.05) is 39.0 Å². The Morgan fingerprint density at radius 3 is 2.83 bits per heavy atom. The molecule has 1 aromatic heterocycles. The van der Waals surface area contributed by atoms with Crippen LogP contribution < -0.4 is 5.32 Å². The van der Waals surface area contributed by atoms with Crippen LogP contribution in [0.4, 0.5) is 5.95 Å². The zero-order chi connectivity index (χ0) is 13.1. The molecule has 0 radical (unpaired) electrons. The van der Waals surface area contributed by atoms with Gasteiger partial charge in [0.1, 0.15) is 6.33 Å². The molecule has 94 valence electrons. The van der Waals surface area contributed by atoms with E-state index in [1.165, 1.54) is 6.33 Å². The number of nitrogens with one attached hydrogen (secondary N) is 1. The minimum Gasteiger partial charge on any atom is -0.291 e. The predicted molar refractivity (Wildman–Crippen MR) is 69.6 cm³/mol. The predicted octanol–water partition coefficient (Wildman–Crippen LogP) is 2.17. The zero-order valence-electron chi connectivity index (χ0n) is 10.8. The van der Waals surface area contributed by atoms with Crippen LogP contribution in [0.15, 0.2) is 24.5 Å². The van der Waals surface area contributed by atoms with Gasteiger partial charge in [0.05, 0.1) is 0 Å². The molecule has 0 saturated heterocycles. The van der Waals surface area contributed by atoms with E-state index in [2.05, 4.69) is 15.4 Å². The molecule has 0 atom stereocenters. The van der Waals surface area contributed by atoms with E-state index in [0.29, 0.717) is 18.1 Å². The van der Waals surface area contributed by atoms with Crippen molar-refractivity contribution in [2.75, 3.05) is 5.32 Å². The molecule has 2 rings (SSSR count). The maximum atomic E-state index is 12.1. The number of benzene rings is 1. The van der Waals surface area contributed by atoms with Crippen LogP contribution in [0.5, 0.6) is 0 Å². The van der Waals surface area contributed by atoms with Crippen molar-refractivity contribution in [3.05, 3.63) is 41.2 Å². The van der Waals surface area contributed by atoms with Crippen LogP contribution in [0.3, 0.4) is 0 Å². The van der Waals surface area contributed by atoms with Crippen LogP contribution in [0.25, 0.3) is 0 Å². The van der Waals surface area contributed by atoms with Crippen LogP contribution in [0.1, 0.15) is 28.4 Å². The Morgan fingerprint density at radius 1 is 1.39 bits per heavy atom. The van der Waals surface area contributed by atoms with Crippen molar-refractivity contribution in [3.8, 4) is 0 Å². The van der Waals surface area contributed by atoms with E-state index in [-0.39, 0.29) is 5.91 Å². The molecule has 1 heterocycles. The summed E-state index contributed by atoms with van der Waals surface area (Å²) < 4.78 is 1.64. The van der Waals surface area contributed by atoms with Crippen LogP contribution in [0, 0.1) is 13.8 Å². The number of rotatable bonds is 3. The van der Waals surface area contributed by atoms with Gasteiger partial charge in [0.2, 0.25) is 5.95 Å². The first-order valence-electron chi connectivity index (χ1n) is 5.88. The minimum atomic E-state index is -0.157. The standard InChI is InChI=1S/C13H16N4O/c1-4-17-13(14-8-15-17)16-12(18)11-6-5-9(2)7-10(11)3/h5-8H,4H2,1-3H3,(H,14,15,16,18). The number of hydrogen-bond donors (Lipinski definition) is 1. The lowest BCUT2D eigenvalue weighted by Gasteiger charge is -2.08. The van der Waals surface area contributed by atoms with Crippen LogP contribution in [0.2, 0.25) is 0 Å². The summed E-state index contributed by atoms with van der Waals surface area (Å²) in [6.07, 6.45) is 1.43. The summed E-state index contributed by atoms with van der Waals surface area (Å²) in [6, 6.07) is 5.73. The van der Waals surface area contributed by atoms with Crippen LogP contribution in [-0.4, -0.2) is 20.7 Å².